The molecule has 1 heterocycles. The normalized spacial score (nSPS) is 34.9. The van der Waals surface area contributed by atoms with Crippen molar-refractivity contribution in [1.82, 2.24) is 10.2 Å². The summed E-state index contributed by atoms with van der Waals surface area (Å²) in [5.41, 5.74) is 0.933. The molecule has 3 unspecified atom stereocenters. The molecule has 1 aliphatic heterocycles. The highest BCUT2D eigenvalue weighted by Gasteiger charge is 2.44. The van der Waals surface area contributed by atoms with E-state index >= 15 is 0 Å². The van der Waals surface area contributed by atoms with Gasteiger partial charge in [0.25, 0.3) is 0 Å². The summed E-state index contributed by atoms with van der Waals surface area (Å²) in [5.74, 6) is 0.898. The Labute approximate surface area is 133 Å². The van der Waals surface area contributed by atoms with Gasteiger partial charge in [0.05, 0.1) is 0 Å². The van der Waals surface area contributed by atoms with Crippen LogP contribution < -0.4 is 5.32 Å². The lowest BCUT2D eigenvalue weighted by Crippen LogP contribution is -2.52. The van der Waals surface area contributed by atoms with E-state index in [9.17, 15) is 0 Å². The molecule has 1 saturated heterocycles. The van der Waals surface area contributed by atoms with Gasteiger partial charge in [0.2, 0.25) is 0 Å². The van der Waals surface area contributed by atoms with Gasteiger partial charge < -0.3 is 5.32 Å². The largest absolute Gasteiger partial charge is 0.312 e. The van der Waals surface area contributed by atoms with Gasteiger partial charge in [-0.3, -0.25) is 4.90 Å². The first-order chi connectivity index (χ1) is 9.75. The van der Waals surface area contributed by atoms with Crippen molar-refractivity contribution in [2.24, 2.45) is 16.7 Å². The van der Waals surface area contributed by atoms with Crippen molar-refractivity contribution in [1.29, 1.82) is 0 Å². The highest BCUT2D eigenvalue weighted by Crippen LogP contribution is 2.41. The van der Waals surface area contributed by atoms with E-state index in [0.29, 0.717) is 16.9 Å². The van der Waals surface area contributed by atoms with Crippen molar-refractivity contribution >= 4 is 0 Å². The van der Waals surface area contributed by atoms with Crippen LogP contribution in [0.2, 0.25) is 0 Å². The van der Waals surface area contributed by atoms with Crippen molar-refractivity contribution in [3.63, 3.8) is 0 Å². The molecule has 2 rings (SSSR count). The molecule has 2 fully saturated rings. The second kappa shape index (κ2) is 6.58. The van der Waals surface area contributed by atoms with Gasteiger partial charge in [0, 0.05) is 12.1 Å². The SMILES string of the molecule is CCNC1C(N2CCCC(C(C)(C)C)CC2)CCC1(C)C. The molecule has 1 aliphatic carbocycles. The van der Waals surface area contributed by atoms with Gasteiger partial charge in [0.1, 0.15) is 0 Å². The zero-order valence-corrected chi connectivity index (χ0v) is 15.3. The van der Waals surface area contributed by atoms with Crippen molar-refractivity contribution in [3.05, 3.63) is 0 Å². The Morgan fingerprint density at radius 3 is 2.43 bits per heavy atom. The van der Waals surface area contributed by atoms with Crippen LogP contribution in [0.25, 0.3) is 0 Å². The van der Waals surface area contributed by atoms with Gasteiger partial charge in [-0.2, -0.15) is 0 Å². The van der Waals surface area contributed by atoms with Crippen LogP contribution in [0, 0.1) is 16.7 Å². The van der Waals surface area contributed by atoms with Crippen molar-refractivity contribution in [3.8, 4) is 0 Å². The second-order valence-corrected chi connectivity index (χ2v) is 9.16. The van der Waals surface area contributed by atoms with Crippen LogP contribution >= 0.6 is 0 Å². The Bertz CT molecular complexity index is 329. The molecular weight excluding hydrogens is 256 g/mol. The minimum absolute atomic E-state index is 0.455. The van der Waals surface area contributed by atoms with E-state index in [1.807, 2.05) is 0 Å². The summed E-state index contributed by atoms with van der Waals surface area (Å²) >= 11 is 0. The third-order valence-corrected chi connectivity index (χ3v) is 6.19. The lowest BCUT2D eigenvalue weighted by molar-refractivity contribution is 0.142. The van der Waals surface area contributed by atoms with Crippen molar-refractivity contribution < 1.29 is 0 Å². The zero-order chi connectivity index (χ0) is 15.7. The third-order valence-electron chi connectivity index (χ3n) is 6.19. The fourth-order valence-electron chi connectivity index (χ4n) is 4.70. The Morgan fingerprint density at radius 2 is 1.81 bits per heavy atom. The lowest BCUT2D eigenvalue weighted by Gasteiger charge is -2.37. The Kier molecular flexibility index (Phi) is 5.41. The average Bonchev–Trinajstić information content (AvgIpc) is 2.57. The van der Waals surface area contributed by atoms with Crippen LogP contribution in [0.15, 0.2) is 0 Å². The molecule has 0 bridgehead atoms. The van der Waals surface area contributed by atoms with E-state index in [1.54, 1.807) is 0 Å². The molecule has 0 amide bonds. The van der Waals surface area contributed by atoms with Gasteiger partial charge >= 0.3 is 0 Å². The Morgan fingerprint density at radius 1 is 1.10 bits per heavy atom. The molecule has 21 heavy (non-hydrogen) atoms. The predicted molar refractivity (Wildman–Crippen MR) is 92.6 cm³/mol. The first-order valence-electron chi connectivity index (χ1n) is 9.23. The number of hydrogen-bond donors (Lipinski definition) is 1. The molecule has 124 valence electrons. The molecule has 0 radical (unpaired) electrons. The molecule has 1 N–H and O–H groups in total. The van der Waals surface area contributed by atoms with Gasteiger partial charge in [-0.05, 0) is 68.5 Å². The maximum atomic E-state index is 3.80. The van der Waals surface area contributed by atoms with Crippen LogP contribution in [0.5, 0.6) is 0 Å². The minimum atomic E-state index is 0.455. The lowest BCUT2D eigenvalue weighted by atomic mass is 9.77. The van der Waals surface area contributed by atoms with Crippen LogP contribution in [0.4, 0.5) is 0 Å². The molecule has 0 aromatic heterocycles. The van der Waals surface area contributed by atoms with Crippen molar-refractivity contribution in [2.45, 2.75) is 85.7 Å². The molecule has 0 spiro atoms. The van der Waals surface area contributed by atoms with Crippen molar-refractivity contribution in [2.75, 3.05) is 19.6 Å². The van der Waals surface area contributed by atoms with E-state index in [2.05, 4.69) is 51.8 Å². The third kappa shape index (κ3) is 4.01. The first-order valence-corrected chi connectivity index (χ1v) is 9.23. The molecule has 2 nitrogen and oxygen atoms in total. The number of nitrogens with one attached hydrogen (secondary N) is 1. The van der Waals surface area contributed by atoms with Gasteiger partial charge in [-0.15, -0.1) is 0 Å². The standard InChI is InChI=1S/C19H38N2/c1-7-20-17-16(10-12-19(17,5)6)21-13-8-9-15(11-14-21)18(2,3)4/h15-17,20H,7-14H2,1-6H3. The zero-order valence-electron chi connectivity index (χ0n) is 15.3. The topological polar surface area (TPSA) is 15.3 Å². The summed E-state index contributed by atoms with van der Waals surface area (Å²) in [5, 5.41) is 3.80. The maximum absolute atomic E-state index is 3.80. The second-order valence-electron chi connectivity index (χ2n) is 9.16. The summed E-state index contributed by atoms with van der Waals surface area (Å²) in [4.78, 5) is 2.83. The van der Waals surface area contributed by atoms with E-state index in [1.165, 1.54) is 45.2 Å². The number of likely N-dealkylation sites (N-methyl/N-ethyl adjacent to an activating group) is 1. The van der Waals surface area contributed by atoms with E-state index in [4.69, 9.17) is 0 Å². The fourth-order valence-corrected chi connectivity index (χ4v) is 4.70. The van der Waals surface area contributed by atoms with Crippen LogP contribution in [-0.4, -0.2) is 36.6 Å². The fraction of sp³-hybridized carbons (Fsp3) is 1.00. The maximum Gasteiger partial charge on any atom is 0.0274 e. The molecule has 1 saturated carbocycles. The highest BCUT2D eigenvalue weighted by molar-refractivity contribution is 5.01. The van der Waals surface area contributed by atoms with Gasteiger partial charge in [0.15, 0.2) is 0 Å². The summed E-state index contributed by atoms with van der Waals surface area (Å²) in [6, 6.07) is 1.44. The van der Waals surface area contributed by atoms with Crippen LogP contribution in [0.3, 0.4) is 0 Å². The quantitative estimate of drug-likeness (QED) is 0.835. The molecule has 0 aromatic rings. The van der Waals surface area contributed by atoms with E-state index < -0.39 is 0 Å². The number of rotatable bonds is 3. The molecule has 2 heteroatoms. The minimum Gasteiger partial charge on any atom is -0.312 e. The molecule has 3 atom stereocenters. The highest BCUT2D eigenvalue weighted by atomic mass is 15.2. The summed E-state index contributed by atoms with van der Waals surface area (Å²) in [7, 11) is 0. The molecule has 0 aromatic carbocycles. The Hall–Kier alpha value is -0.0800. The number of hydrogen-bond acceptors (Lipinski definition) is 2. The van der Waals surface area contributed by atoms with E-state index in [-0.39, 0.29) is 0 Å². The van der Waals surface area contributed by atoms with Crippen LogP contribution in [0.1, 0.15) is 73.6 Å². The monoisotopic (exact) mass is 294 g/mol. The number of nitrogens with zero attached hydrogens (tertiary/aromatic N) is 1. The summed E-state index contributed by atoms with van der Waals surface area (Å²) in [6.07, 6.45) is 6.94. The van der Waals surface area contributed by atoms with E-state index in [0.717, 1.165) is 18.5 Å². The molecule has 2 aliphatic rings. The summed E-state index contributed by atoms with van der Waals surface area (Å²) in [6.45, 7) is 18.2. The molecular formula is C19H38N2. The smallest absolute Gasteiger partial charge is 0.0274 e. The summed E-state index contributed by atoms with van der Waals surface area (Å²) < 4.78 is 0. The number of likely N-dealkylation sites (tertiary alicyclic amines) is 1. The van der Waals surface area contributed by atoms with Gasteiger partial charge in [-0.25, -0.2) is 0 Å². The Balaban J connectivity index is 2.02. The van der Waals surface area contributed by atoms with Crippen LogP contribution in [-0.2, 0) is 0 Å². The van der Waals surface area contributed by atoms with Gasteiger partial charge in [-0.1, -0.05) is 41.5 Å². The first kappa shape index (κ1) is 17.3. The predicted octanol–water partition coefficient (Wildman–Crippen LogP) is 4.30. The average molecular weight is 295 g/mol.